The first-order valence-electron chi connectivity index (χ1n) is 4.84. The Morgan fingerprint density at radius 2 is 2.00 bits per heavy atom. The van der Waals surface area contributed by atoms with E-state index in [-0.39, 0.29) is 17.3 Å². The zero-order chi connectivity index (χ0) is 12.4. The van der Waals surface area contributed by atoms with Gasteiger partial charge in [0.25, 0.3) is 5.69 Å². The number of esters is 1. The van der Waals surface area contributed by atoms with Gasteiger partial charge in [-0.25, -0.2) is 9.79 Å². The van der Waals surface area contributed by atoms with Crippen LogP contribution in [0.5, 0.6) is 0 Å². The lowest BCUT2D eigenvalue weighted by Gasteiger charge is -1.98. The molecule has 0 saturated heterocycles. The van der Waals surface area contributed by atoms with Crippen molar-refractivity contribution in [3.63, 3.8) is 0 Å². The van der Waals surface area contributed by atoms with Crippen molar-refractivity contribution < 1.29 is 14.5 Å². The molecule has 0 N–H and O–H groups in total. The van der Waals surface area contributed by atoms with Gasteiger partial charge in [-0.15, -0.1) is 0 Å². The van der Waals surface area contributed by atoms with E-state index in [2.05, 4.69) is 4.99 Å². The number of ether oxygens (including phenoxy) is 1. The van der Waals surface area contributed by atoms with E-state index in [0.717, 1.165) is 0 Å². The van der Waals surface area contributed by atoms with E-state index >= 15 is 0 Å². The highest BCUT2D eigenvalue weighted by molar-refractivity contribution is 6.11. The van der Waals surface area contributed by atoms with Crippen molar-refractivity contribution in [1.29, 1.82) is 0 Å². The maximum absolute atomic E-state index is 11.3. The van der Waals surface area contributed by atoms with Gasteiger partial charge in [-0.1, -0.05) is 6.08 Å². The van der Waals surface area contributed by atoms with Crippen LogP contribution in [0.3, 0.4) is 0 Å². The predicted molar refractivity (Wildman–Crippen MR) is 59.5 cm³/mol. The molecule has 1 aliphatic rings. The van der Waals surface area contributed by atoms with Crippen LogP contribution in [-0.4, -0.2) is 16.8 Å². The van der Waals surface area contributed by atoms with Crippen molar-refractivity contribution in [2.75, 3.05) is 0 Å². The summed E-state index contributed by atoms with van der Waals surface area (Å²) in [5.74, 6) is -0.348. The second-order valence-electron chi connectivity index (χ2n) is 3.28. The highest BCUT2D eigenvalue weighted by atomic mass is 16.6. The SMILES string of the molecule is C/C=C1\N=C(c2ccc([N+](=O)[O-])cc2)OC1=O. The van der Waals surface area contributed by atoms with Crippen molar-refractivity contribution >= 4 is 17.6 Å². The smallest absolute Gasteiger partial charge is 0.363 e. The van der Waals surface area contributed by atoms with E-state index in [0.29, 0.717) is 5.56 Å². The zero-order valence-corrected chi connectivity index (χ0v) is 8.91. The molecule has 0 aliphatic carbocycles. The number of nitro groups is 1. The zero-order valence-electron chi connectivity index (χ0n) is 8.91. The number of nitro benzene ring substituents is 1. The molecule has 0 fully saturated rings. The van der Waals surface area contributed by atoms with Crippen LogP contribution < -0.4 is 0 Å². The first-order chi connectivity index (χ1) is 8.11. The van der Waals surface area contributed by atoms with Gasteiger partial charge in [-0.2, -0.15) is 0 Å². The number of cyclic esters (lactones) is 1. The maximum atomic E-state index is 11.3. The average molecular weight is 232 g/mol. The fraction of sp³-hybridized carbons (Fsp3) is 0.0909. The molecule has 0 atom stereocenters. The van der Waals surface area contributed by atoms with Gasteiger partial charge in [-0.05, 0) is 19.1 Å². The Bertz CT molecular complexity index is 543. The lowest BCUT2D eigenvalue weighted by atomic mass is 10.2. The number of carbonyl (C=O) groups is 1. The summed E-state index contributed by atoms with van der Waals surface area (Å²) < 4.78 is 4.92. The van der Waals surface area contributed by atoms with Crippen LogP contribution in [0.15, 0.2) is 41.0 Å². The van der Waals surface area contributed by atoms with Crippen molar-refractivity contribution in [2.45, 2.75) is 6.92 Å². The number of aliphatic imine (C=N–C) groups is 1. The second-order valence-corrected chi connectivity index (χ2v) is 3.28. The maximum Gasteiger partial charge on any atom is 0.363 e. The third-order valence-electron chi connectivity index (χ3n) is 2.22. The normalized spacial score (nSPS) is 16.9. The Morgan fingerprint density at radius 3 is 2.47 bits per heavy atom. The summed E-state index contributed by atoms with van der Waals surface area (Å²) >= 11 is 0. The van der Waals surface area contributed by atoms with Crippen molar-refractivity contribution in [3.05, 3.63) is 51.7 Å². The third kappa shape index (κ3) is 2.05. The summed E-state index contributed by atoms with van der Waals surface area (Å²) in [5.41, 5.74) is 0.740. The summed E-state index contributed by atoms with van der Waals surface area (Å²) in [6, 6.07) is 5.64. The summed E-state index contributed by atoms with van der Waals surface area (Å²) in [7, 11) is 0. The van der Waals surface area contributed by atoms with Gasteiger partial charge in [0.15, 0.2) is 0 Å². The minimum absolute atomic E-state index is 0.0232. The van der Waals surface area contributed by atoms with E-state index in [1.165, 1.54) is 24.3 Å². The second kappa shape index (κ2) is 4.17. The summed E-state index contributed by atoms with van der Waals surface area (Å²) in [5, 5.41) is 10.5. The Kier molecular flexibility index (Phi) is 2.70. The minimum atomic E-state index is -0.513. The molecule has 0 spiro atoms. The molecule has 17 heavy (non-hydrogen) atoms. The van der Waals surface area contributed by atoms with E-state index in [4.69, 9.17) is 4.74 Å². The fourth-order valence-electron chi connectivity index (χ4n) is 1.35. The molecule has 6 heteroatoms. The molecular weight excluding hydrogens is 224 g/mol. The van der Waals surface area contributed by atoms with Gasteiger partial charge in [0.05, 0.1) is 4.92 Å². The van der Waals surface area contributed by atoms with Crippen LogP contribution in [0.1, 0.15) is 12.5 Å². The van der Waals surface area contributed by atoms with Gasteiger partial charge >= 0.3 is 5.97 Å². The molecule has 1 aromatic carbocycles. The molecule has 86 valence electrons. The van der Waals surface area contributed by atoms with Crippen molar-refractivity contribution in [2.24, 2.45) is 4.99 Å². The molecule has 0 unspecified atom stereocenters. The Morgan fingerprint density at radius 1 is 1.35 bits per heavy atom. The van der Waals surface area contributed by atoms with Gasteiger partial charge in [0.1, 0.15) is 5.70 Å². The van der Waals surface area contributed by atoms with Crippen LogP contribution in [0, 0.1) is 10.1 Å². The van der Waals surface area contributed by atoms with E-state index < -0.39 is 10.9 Å². The first-order valence-corrected chi connectivity index (χ1v) is 4.84. The molecule has 0 amide bonds. The van der Waals surface area contributed by atoms with Gasteiger partial charge in [0, 0.05) is 17.7 Å². The van der Waals surface area contributed by atoms with Crippen LogP contribution in [0.4, 0.5) is 5.69 Å². The molecule has 0 radical (unpaired) electrons. The number of non-ortho nitro benzene ring substituents is 1. The Hall–Kier alpha value is -2.50. The first kappa shape index (κ1) is 11.0. The predicted octanol–water partition coefficient (Wildman–Crippen LogP) is 1.80. The number of nitrogens with zero attached hydrogens (tertiary/aromatic N) is 2. The van der Waals surface area contributed by atoms with Crippen molar-refractivity contribution in [1.82, 2.24) is 0 Å². The van der Waals surface area contributed by atoms with Crippen LogP contribution in [0.2, 0.25) is 0 Å². The number of rotatable bonds is 2. The lowest BCUT2D eigenvalue weighted by Crippen LogP contribution is -2.05. The molecule has 1 heterocycles. The standard InChI is InChI=1S/C11H8N2O4/c1-2-9-11(14)17-10(12-9)7-3-5-8(6-4-7)13(15)16/h2-6H,1H3/b9-2-. The molecule has 1 aromatic rings. The third-order valence-corrected chi connectivity index (χ3v) is 2.22. The molecule has 1 aliphatic heterocycles. The molecule has 6 nitrogen and oxygen atoms in total. The summed E-state index contributed by atoms with van der Waals surface area (Å²) in [6.45, 7) is 1.68. The Balaban J connectivity index is 2.31. The molecule has 0 saturated carbocycles. The molecule has 0 bridgehead atoms. The van der Waals surface area contributed by atoms with Gasteiger partial charge in [-0.3, -0.25) is 10.1 Å². The van der Waals surface area contributed by atoms with Crippen LogP contribution in [-0.2, 0) is 9.53 Å². The number of hydrogen-bond acceptors (Lipinski definition) is 5. The molecule has 2 rings (SSSR count). The highest BCUT2D eigenvalue weighted by Crippen LogP contribution is 2.18. The fourth-order valence-corrected chi connectivity index (χ4v) is 1.35. The average Bonchev–Trinajstić information content (AvgIpc) is 2.70. The Labute approximate surface area is 96.4 Å². The van der Waals surface area contributed by atoms with Crippen molar-refractivity contribution in [3.8, 4) is 0 Å². The highest BCUT2D eigenvalue weighted by Gasteiger charge is 2.23. The molecule has 0 aromatic heterocycles. The minimum Gasteiger partial charge on any atom is -0.402 e. The number of benzene rings is 1. The van der Waals surface area contributed by atoms with E-state index in [1.54, 1.807) is 13.0 Å². The van der Waals surface area contributed by atoms with E-state index in [1.807, 2.05) is 0 Å². The van der Waals surface area contributed by atoms with Gasteiger partial charge < -0.3 is 4.74 Å². The summed E-state index contributed by atoms with van der Waals surface area (Å²) in [4.78, 5) is 25.2. The van der Waals surface area contributed by atoms with E-state index in [9.17, 15) is 14.9 Å². The number of allylic oxidation sites excluding steroid dienone is 1. The quantitative estimate of drug-likeness (QED) is 0.337. The topological polar surface area (TPSA) is 81.8 Å². The van der Waals surface area contributed by atoms with Crippen LogP contribution in [0.25, 0.3) is 0 Å². The number of hydrogen-bond donors (Lipinski definition) is 0. The largest absolute Gasteiger partial charge is 0.402 e. The van der Waals surface area contributed by atoms with Crippen LogP contribution >= 0.6 is 0 Å². The lowest BCUT2D eigenvalue weighted by molar-refractivity contribution is -0.384. The monoisotopic (exact) mass is 232 g/mol. The van der Waals surface area contributed by atoms with Gasteiger partial charge in [0.2, 0.25) is 5.90 Å². The number of carbonyl (C=O) groups excluding carboxylic acids is 1. The molecular formula is C11H8N2O4. The summed E-state index contributed by atoms with van der Waals surface area (Å²) in [6.07, 6.45) is 1.54.